The number of anilines is 1. The van der Waals surface area contributed by atoms with Crippen molar-refractivity contribution in [1.29, 1.82) is 5.26 Å². The monoisotopic (exact) mass is 244 g/mol. The molecule has 2 rings (SSSR count). The van der Waals surface area contributed by atoms with Crippen molar-refractivity contribution in [3.63, 3.8) is 0 Å². The summed E-state index contributed by atoms with van der Waals surface area (Å²) in [6.45, 7) is 2.24. The largest absolute Gasteiger partial charge is 0.325 e. The second-order valence-electron chi connectivity index (χ2n) is 4.47. The van der Waals surface area contributed by atoms with Crippen LogP contribution in [0.2, 0.25) is 0 Å². The van der Waals surface area contributed by atoms with Crippen LogP contribution in [0.25, 0.3) is 0 Å². The van der Waals surface area contributed by atoms with Crippen molar-refractivity contribution in [2.24, 2.45) is 0 Å². The normalized spacial score (nSPS) is 14.9. The van der Waals surface area contributed by atoms with Gasteiger partial charge in [0.05, 0.1) is 18.2 Å². The second kappa shape index (κ2) is 5.63. The molecular weight excluding hydrogens is 228 g/mol. The molecule has 18 heavy (non-hydrogen) atoms. The zero-order valence-corrected chi connectivity index (χ0v) is 10.3. The van der Waals surface area contributed by atoms with Crippen LogP contribution in [-0.4, -0.2) is 43.5 Å². The third kappa shape index (κ3) is 3.06. The van der Waals surface area contributed by atoms with Gasteiger partial charge in [-0.1, -0.05) is 6.07 Å². The van der Waals surface area contributed by atoms with Crippen molar-refractivity contribution < 1.29 is 4.79 Å². The first-order valence-electron chi connectivity index (χ1n) is 5.90. The molecule has 1 amide bonds. The molecule has 1 aromatic rings. The van der Waals surface area contributed by atoms with E-state index in [1.807, 2.05) is 18.0 Å². The summed E-state index contributed by atoms with van der Waals surface area (Å²) in [5.41, 5.74) is 1.21. The highest BCUT2D eigenvalue weighted by molar-refractivity contribution is 5.92. The van der Waals surface area contributed by atoms with Crippen LogP contribution in [0, 0.1) is 11.3 Å². The van der Waals surface area contributed by atoms with Gasteiger partial charge in [-0.15, -0.1) is 0 Å². The summed E-state index contributed by atoms with van der Waals surface area (Å²) in [6, 6.07) is 9.41. The summed E-state index contributed by atoms with van der Waals surface area (Å²) in [4.78, 5) is 13.8. The zero-order chi connectivity index (χ0) is 13.0. The number of rotatable bonds is 4. The lowest BCUT2D eigenvalue weighted by molar-refractivity contribution is -0.117. The van der Waals surface area contributed by atoms with Crippen LogP contribution in [0.4, 0.5) is 5.69 Å². The van der Waals surface area contributed by atoms with Crippen LogP contribution < -0.4 is 10.6 Å². The summed E-state index contributed by atoms with van der Waals surface area (Å²) >= 11 is 0. The van der Waals surface area contributed by atoms with E-state index in [1.54, 1.807) is 24.3 Å². The number of likely N-dealkylation sites (N-methyl/N-ethyl adjacent to an activating group) is 1. The molecule has 2 N–H and O–H groups in total. The van der Waals surface area contributed by atoms with E-state index < -0.39 is 0 Å². The minimum Gasteiger partial charge on any atom is -0.325 e. The Morgan fingerprint density at radius 1 is 1.61 bits per heavy atom. The molecule has 5 nitrogen and oxygen atoms in total. The molecule has 0 aliphatic carbocycles. The van der Waals surface area contributed by atoms with Gasteiger partial charge in [-0.2, -0.15) is 5.26 Å². The average Bonchev–Trinajstić information content (AvgIpc) is 2.26. The number of nitriles is 1. The second-order valence-corrected chi connectivity index (χ2v) is 4.47. The summed E-state index contributed by atoms with van der Waals surface area (Å²) in [5, 5.41) is 14.7. The van der Waals surface area contributed by atoms with E-state index in [0.29, 0.717) is 23.8 Å². The number of carbonyl (C=O) groups is 1. The van der Waals surface area contributed by atoms with Crippen molar-refractivity contribution in [3.8, 4) is 6.07 Å². The van der Waals surface area contributed by atoms with Gasteiger partial charge in [-0.25, -0.2) is 0 Å². The van der Waals surface area contributed by atoms with E-state index >= 15 is 0 Å². The highest BCUT2D eigenvalue weighted by Gasteiger charge is 2.22. The SMILES string of the molecule is CN(CC(=O)Nc1cccc(C#N)c1)C1CNC1. The summed E-state index contributed by atoms with van der Waals surface area (Å²) in [7, 11) is 1.94. The van der Waals surface area contributed by atoms with E-state index in [-0.39, 0.29) is 5.91 Å². The van der Waals surface area contributed by atoms with Crippen LogP contribution in [-0.2, 0) is 4.79 Å². The van der Waals surface area contributed by atoms with Gasteiger partial charge in [0.25, 0.3) is 0 Å². The van der Waals surface area contributed by atoms with Gasteiger partial charge in [0, 0.05) is 24.8 Å². The van der Waals surface area contributed by atoms with E-state index in [1.165, 1.54) is 0 Å². The minimum atomic E-state index is -0.0560. The van der Waals surface area contributed by atoms with Crippen molar-refractivity contribution in [1.82, 2.24) is 10.2 Å². The number of nitrogens with one attached hydrogen (secondary N) is 2. The molecule has 0 spiro atoms. The Morgan fingerprint density at radius 3 is 3.00 bits per heavy atom. The predicted molar refractivity (Wildman–Crippen MR) is 69.1 cm³/mol. The predicted octanol–water partition coefficient (Wildman–Crippen LogP) is 0.400. The van der Waals surface area contributed by atoms with Gasteiger partial charge in [0.1, 0.15) is 0 Å². The number of carbonyl (C=O) groups excluding carboxylic acids is 1. The molecule has 1 aliphatic rings. The van der Waals surface area contributed by atoms with Crippen LogP contribution in [0.5, 0.6) is 0 Å². The van der Waals surface area contributed by atoms with E-state index in [9.17, 15) is 4.79 Å². The maximum Gasteiger partial charge on any atom is 0.238 e. The number of hydrogen-bond donors (Lipinski definition) is 2. The molecule has 0 bridgehead atoms. The van der Waals surface area contributed by atoms with Crippen molar-refractivity contribution >= 4 is 11.6 Å². The molecule has 0 atom stereocenters. The van der Waals surface area contributed by atoms with Gasteiger partial charge in [-0.3, -0.25) is 9.69 Å². The summed E-state index contributed by atoms with van der Waals surface area (Å²) < 4.78 is 0. The number of hydrogen-bond acceptors (Lipinski definition) is 4. The molecule has 1 aromatic carbocycles. The molecule has 5 heteroatoms. The van der Waals surface area contributed by atoms with Gasteiger partial charge in [-0.05, 0) is 25.2 Å². The molecular formula is C13H16N4O. The average molecular weight is 244 g/mol. The van der Waals surface area contributed by atoms with Gasteiger partial charge in [0.2, 0.25) is 5.91 Å². The Morgan fingerprint density at radius 2 is 2.39 bits per heavy atom. The Labute approximate surface area is 106 Å². The molecule has 0 aromatic heterocycles. The Bertz CT molecular complexity index is 476. The Hall–Kier alpha value is -1.90. The van der Waals surface area contributed by atoms with Crippen molar-refractivity contribution in [2.75, 3.05) is 32.0 Å². The first-order valence-corrected chi connectivity index (χ1v) is 5.90. The van der Waals surface area contributed by atoms with Crippen LogP contribution >= 0.6 is 0 Å². The maximum absolute atomic E-state index is 11.8. The standard InChI is InChI=1S/C13H16N4O/c1-17(12-7-15-8-12)9-13(18)16-11-4-2-3-10(5-11)6-14/h2-5,12,15H,7-9H2,1H3,(H,16,18). The van der Waals surface area contributed by atoms with E-state index in [0.717, 1.165) is 13.1 Å². The lowest BCUT2D eigenvalue weighted by atomic mass is 10.1. The lowest BCUT2D eigenvalue weighted by Gasteiger charge is -2.35. The highest BCUT2D eigenvalue weighted by Crippen LogP contribution is 2.10. The number of amides is 1. The van der Waals surface area contributed by atoms with Crippen molar-refractivity contribution in [2.45, 2.75) is 6.04 Å². The highest BCUT2D eigenvalue weighted by atomic mass is 16.2. The Balaban J connectivity index is 1.88. The molecule has 0 saturated carbocycles. The topological polar surface area (TPSA) is 68.2 Å². The zero-order valence-electron chi connectivity index (χ0n) is 10.3. The maximum atomic E-state index is 11.8. The molecule has 1 saturated heterocycles. The first-order chi connectivity index (χ1) is 8.69. The Kier molecular flexibility index (Phi) is 3.92. The van der Waals surface area contributed by atoms with Gasteiger partial charge >= 0.3 is 0 Å². The molecule has 1 heterocycles. The van der Waals surface area contributed by atoms with Gasteiger partial charge in [0.15, 0.2) is 0 Å². The molecule has 1 aliphatic heterocycles. The molecule has 0 unspecified atom stereocenters. The number of benzene rings is 1. The third-order valence-corrected chi connectivity index (χ3v) is 3.05. The minimum absolute atomic E-state index is 0.0560. The first kappa shape index (κ1) is 12.6. The lowest BCUT2D eigenvalue weighted by Crippen LogP contribution is -2.57. The van der Waals surface area contributed by atoms with Crippen LogP contribution in [0.15, 0.2) is 24.3 Å². The van der Waals surface area contributed by atoms with E-state index in [2.05, 4.69) is 10.6 Å². The van der Waals surface area contributed by atoms with Gasteiger partial charge < -0.3 is 10.6 Å². The fourth-order valence-electron chi connectivity index (χ4n) is 1.81. The summed E-state index contributed by atoms with van der Waals surface area (Å²) in [5.74, 6) is -0.0560. The fraction of sp³-hybridized carbons (Fsp3) is 0.385. The van der Waals surface area contributed by atoms with Crippen LogP contribution in [0.3, 0.4) is 0 Å². The smallest absolute Gasteiger partial charge is 0.238 e. The fourth-order valence-corrected chi connectivity index (χ4v) is 1.81. The molecule has 94 valence electrons. The quantitative estimate of drug-likeness (QED) is 0.804. The van der Waals surface area contributed by atoms with Crippen molar-refractivity contribution in [3.05, 3.63) is 29.8 Å². The number of nitrogens with zero attached hydrogens (tertiary/aromatic N) is 2. The van der Waals surface area contributed by atoms with E-state index in [4.69, 9.17) is 5.26 Å². The van der Waals surface area contributed by atoms with Crippen LogP contribution in [0.1, 0.15) is 5.56 Å². The molecule has 0 radical (unpaired) electrons. The third-order valence-electron chi connectivity index (χ3n) is 3.05. The molecule has 1 fully saturated rings. The summed E-state index contributed by atoms with van der Waals surface area (Å²) in [6.07, 6.45) is 0.